The Kier molecular flexibility index (Phi) is 6.38. The topological polar surface area (TPSA) is 21.3 Å². The van der Waals surface area contributed by atoms with Gasteiger partial charge in [-0.3, -0.25) is 0 Å². The normalized spacial score (nSPS) is 18.4. The summed E-state index contributed by atoms with van der Waals surface area (Å²) >= 11 is 0. The molecule has 0 amide bonds. The van der Waals surface area contributed by atoms with E-state index in [0.717, 1.165) is 25.7 Å². The third kappa shape index (κ3) is 4.96. The van der Waals surface area contributed by atoms with Crippen molar-refractivity contribution in [1.82, 2.24) is 5.32 Å². The Bertz CT molecular complexity index is 332. The van der Waals surface area contributed by atoms with E-state index in [2.05, 4.69) is 42.6 Å². The molecule has 0 spiro atoms. The number of unbranched alkanes of at least 4 members (excludes halogenated alkanes) is 1. The Morgan fingerprint density at radius 3 is 2.63 bits per heavy atom. The van der Waals surface area contributed by atoms with Crippen LogP contribution in [-0.4, -0.2) is 19.8 Å². The van der Waals surface area contributed by atoms with E-state index in [1.807, 2.05) is 0 Å². The predicted octanol–water partition coefficient (Wildman–Crippen LogP) is 3.93. The smallest absolute Gasteiger partial charge is 0.0469 e. The van der Waals surface area contributed by atoms with E-state index < -0.39 is 0 Å². The van der Waals surface area contributed by atoms with Crippen molar-refractivity contribution in [2.75, 3.05) is 19.8 Å². The summed E-state index contributed by atoms with van der Waals surface area (Å²) in [5.74, 6) is 0.793. The van der Waals surface area contributed by atoms with E-state index in [1.54, 1.807) is 0 Å². The zero-order valence-electron chi connectivity index (χ0n) is 12.1. The Hall–Kier alpha value is -0.860. The largest absolute Gasteiger partial charge is 0.381 e. The molecular weight excluding hydrogens is 234 g/mol. The molecule has 1 unspecified atom stereocenters. The molecule has 2 heteroatoms. The van der Waals surface area contributed by atoms with Crippen molar-refractivity contribution in [1.29, 1.82) is 0 Å². The molecular formula is C17H27NO. The summed E-state index contributed by atoms with van der Waals surface area (Å²) in [7, 11) is 0. The molecule has 1 N–H and O–H groups in total. The summed E-state index contributed by atoms with van der Waals surface area (Å²) in [4.78, 5) is 0. The fraction of sp³-hybridized carbons (Fsp3) is 0.647. The van der Waals surface area contributed by atoms with Crippen LogP contribution in [-0.2, 0) is 4.74 Å². The molecule has 1 aromatic carbocycles. The summed E-state index contributed by atoms with van der Waals surface area (Å²) in [6.07, 6.45) is 6.22. The average Bonchev–Trinajstić information content (AvgIpc) is 2.49. The van der Waals surface area contributed by atoms with Crippen LogP contribution in [0.5, 0.6) is 0 Å². The zero-order valence-corrected chi connectivity index (χ0v) is 12.1. The summed E-state index contributed by atoms with van der Waals surface area (Å²) in [6.45, 7) is 5.28. The lowest BCUT2D eigenvalue weighted by Crippen LogP contribution is -2.30. The van der Waals surface area contributed by atoms with Crippen molar-refractivity contribution in [3.05, 3.63) is 35.9 Å². The highest BCUT2D eigenvalue weighted by Crippen LogP contribution is 2.21. The Balaban J connectivity index is 1.86. The lowest BCUT2D eigenvalue weighted by Gasteiger charge is -2.26. The molecule has 1 aromatic rings. The summed E-state index contributed by atoms with van der Waals surface area (Å²) in [5.41, 5.74) is 1.43. The fourth-order valence-electron chi connectivity index (χ4n) is 2.74. The van der Waals surface area contributed by atoms with Gasteiger partial charge in [-0.1, -0.05) is 50.1 Å². The number of rotatable bonds is 7. The standard InChI is InChI=1S/C17H27NO/c1-2-3-9-17(16-7-5-4-6-8-16)18-14-15-10-12-19-13-11-15/h4-8,15,17-18H,2-3,9-14H2,1H3. The van der Waals surface area contributed by atoms with Crippen LogP contribution >= 0.6 is 0 Å². The minimum Gasteiger partial charge on any atom is -0.381 e. The number of ether oxygens (including phenoxy) is 1. The molecule has 2 rings (SSSR count). The molecule has 2 nitrogen and oxygen atoms in total. The Labute approximate surface area is 117 Å². The molecule has 0 radical (unpaired) electrons. The third-order valence-corrected chi connectivity index (χ3v) is 4.04. The van der Waals surface area contributed by atoms with Gasteiger partial charge < -0.3 is 10.1 Å². The van der Waals surface area contributed by atoms with Gasteiger partial charge in [-0.05, 0) is 37.3 Å². The van der Waals surface area contributed by atoms with Crippen molar-refractivity contribution in [3.8, 4) is 0 Å². The third-order valence-electron chi connectivity index (χ3n) is 4.04. The van der Waals surface area contributed by atoms with E-state index in [9.17, 15) is 0 Å². The van der Waals surface area contributed by atoms with Crippen LogP contribution in [0.2, 0.25) is 0 Å². The van der Waals surface area contributed by atoms with Gasteiger partial charge in [-0.15, -0.1) is 0 Å². The molecule has 1 aliphatic heterocycles. The molecule has 19 heavy (non-hydrogen) atoms. The number of benzene rings is 1. The van der Waals surface area contributed by atoms with Crippen LogP contribution in [0.4, 0.5) is 0 Å². The Morgan fingerprint density at radius 2 is 1.95 bits per heavy atom. The van der Waals surface area contributed by atoms with E-state index in [-0.39, 0.29) is 0 Å². The van der Waals surface area contributed by atoms with Crippen LogP contribution in [0.1, 0.15) is 50.6 Å². The van der Waals surface area contributed by atoms with Gasteiger partial charge in [0.1, 0.15) is 0 Å². The summed E-state index contributed by atoms with van der Waals surface area (Å²) in [5, 5.41) is 3.78. The lowest BCUT2D eigenvalue weighted by molar-refractivity contribution is 0.0653. The molecule has 0 bridgehead atoms. The molecule has 0 saturated carbocycles. The molecule has 1 saturated heterocycles. The van der Waals surface area contributed by atoms with E-state index >= 15 is 0 Å². The van der Waals surface area contributed by atoms with Crippen LogP contribution in [0, 0.1) is 5.92 Å². The molecule has 1 aliphatic rings. The van der Waals surface area contributed by atoms with Crippen molar-refractivity contribution in [3.63, 3.8) is 0 Å². The molecule has 0 aliphatic carbocycles. The fourth-order valence-corrected chi connectivity index (χ4v) is 2.74. The minimum absolute atomic E-state index is 0.518. The van der Waals surface area contributed by atoms with Gasteiger partial charge in [0.05, 0.1) is 0 Å². The molecule has 1 atom stereocenters. The first-order chi connectivity index (χ1) is 9.40. The first kappa shape index (κ1) is 14.5. The minimum atomic E-state index is 0.518. The number of nitrogens with one attached hydrogen (secondary N) is 1. The van der Waals surface area contributed by atoms with Gasteiger partial charge >= 0.3 is 0 Å². The van der Waals surface area contributed by atoms with Crippen LogP contribution in [0.15, 0.2) is 30.3 Å². The molecule has 0 aromatic heterocycles. The SMILES string of the molecule is CCCCC(NCC1CCOCC1)c1ccccc1. The second kappa shape index (κ2) is 8.34. The second-order valence-electron chi connectivity index (χ2n) is 5.57. The maximum atomic E-state index is 5.43. The molecule has 1 heterocycles. The first-order valence-electron chi connectivity index (χ1n) is 7.76. The highest BCUT2D eigenvalue weighted by atomic mass is 16.5. The highest BCUT2D eigenvalue weighted by Gasteiger charge is 2.16. The van der Waals surface area contributed by atoms with Crippen molar-refractivity contribution in [2.45, 2.75) is 45.1 Å². The summed E-state index contributed by atoms with van der Waals surface area (Å²) in [6, 6.07) is 11.4. The monoisotopic (exact) mass is 261 g/mol. The van der Waals surface area contributed by atoms with Gasteiger partial charge in [0.2, 0.25) is 0 Å². The lowest BCUT2D eigenvalue weighted by atomic mass is 9.97. The maximum absolute atomic E-state index is 5.43. The van der Waals surface area contributed by atoms with Gasteiger partial charge in [-0.2, -0.15) is 0 Å². The highest BCUT2D eigenvalue weighted by molar-refractivity contribution is 5.18. The molecule has 1 fully saturated rings. The van der Waals surface area contributed by atoms with Crippen LogP contribution in [0.3, 0.4) is 0 Å². The average molecular weight is 261 g/mol. The first-order valence-corrected chi connectivity index (χ1v) is 7.76. The zero-order chi connectivity index (χ0) is 13.3. The van der Waals surface area contributed by atoms with Gasteiger partial charge in [0.15, 0.2) is 0 Å². The van der Waals surface area contributed by atoms with Crippen molar-refractivity contribution >= 4 is 0 Å². The van der Waals surface area contributed by atoms with E-state index in [4.69, 9.17) is 4.74 Å². The van der Waals surface area contributed by atoms with E-state index in [0.29, 0.717) is 6.04 Å². The summed E-state index contributed by atoms with van der Waals surface area (Å²) < 4.78 is 5.43. The second-order valence-corrected chi connectivity index (χ2v) is 5.57. The van der Waals surface area contributed by atoms with Gasteiger partial charge in [0.25, 0.3) is 0 Å². The number of hydrogen-bond acceptors (Lipinski definition) is 2. The van der Waals surface area contributed by atoms with Crippen molar-refractivity contribution in [2.24, 2.45) is 5.92 Å². The van der Waals surface area contributed by atoms with Crippen LogP contribution < -0.4 is 5.32 Å². The maximum Gasteiger partial charge on any atom is 0.0469 e. The van der Waals surface area contributed by atoms with Gasteiger partial charge in [0, 0.05) is 19.3 Å². The van der Waals surface area contributed by atoms with Crippen molar-refractivity contribution < 1.29 is 4.74 Å². The quantitative estimate of drug-likeness (QED) is 0.803. The van der Waals surface area contributed by atoms with Gasteiger partial charge in [-0.25, -0.2) is 0 Å². The predicted molar refractivity (Wildman–Crippen MR) is 80.3 cm³/mol. The van der Waals surface area contributed by atoms with E-state index in [1.165, 1.54) is 37.7 Å². The molecule has 106 valence electrons. The van der Waals surface area contributed by atoms with Crippen LogP contribution in [0.25, 0.3) is 0 Å². The Morgan fingerprint density at radius 1 is 1.21 bits per heavy atom. The number of hydrogen-bond donors (Lipinski definition) is 1.